The molecule has 12 nitrogen and oxygen atoms in total. The van der Waals surface area contributed by atoms with Crippen LogP contribution < -0.4 is 0 Å². The molecule has 6 rings (SSSR count). The maximum absolute atomic E-state index is 12.3. The first-order valence-corrected chi connectivity index (χ1v) is 17.2. The van der Waals surface area contributed by atoms with Gasteiger partial charge in [0.25, 0.3) is 0 Å². The maximum Gasteiger partial charge on any atom is 0.340 e. The van der Waals surface area contributed by atoms with Crippen LogP contribution in [0.1, 0.15) is 91.4 Å². The summed E-state index contributed by atoms with van der Waals surface area (Å²) >= 11 is -0.750. The molecule has 52 heavy (non-hydrogen) atoms. The lowest BCUT2D eigenvalue weighted by Crippen LogP contribution is -2.24. The first-order chi connectivity index (χ1) is 24.4. The van der Waals surface area contributed by atoms with E-state index in [9.17, 15) is 9.59 Å². The second-order valence-corrected chi connectivity index (χ2v) is 14.2. The van der Waals surface area contributed by atoms with Crippen molar-refractivity contribution in [3.8, 4) is 23.2 Å². The zero-order chi connectivity index (χ0) is 38.4. The Kier molecular flexibility index (Phi) is 12.2. The molecule has 4 aromatic heterocycles. The molecule has 0 radical (unpaired) electrons. The van der Waals surface area contributed by atoms with Crippen molar-refractivity contribution in [2.75, 3.05) is 0 Å². The van der Waals surface area contributed by atoms with Crippen LogP contribution in [0.15, 0.2) is 69.8 Å². The van der Waals surface area contributed by atoms with Crippen molar-refractivity contribution in [1.82, 2.24) is 19.9 Å². The third-order valence-corrected chi connectivity index (χ3v) is 7.19. The van der Waals surface area contributed by atoms with Crippen LogP contribution in [0.2, 0.25) is 0 Å². The Labute approximate surface area is 305 Å². The Bertz CT molecular complexity index is 2270. The van der Waals surface area contributed by atoms with E-state index in [0.29, 0.717) is 46.3 Å². The number of oxazole rings is 2. The first kappa shape index (κ1) is 39.2. The molecule has 2 aromatic carbocycles. The number of pyridine rings is 2. The quantitative estimate of drug-likeness (QED) is 0.156. The highest BCUT2D eigenvalue weighted by atomic mass is 32.1. The lowest BCUT2D eigenvalue weighted by atomic mass is 10.1. The summed E-state index contributed by atoms with van der Waals surface area (Å²) in [7, 11) is 0. The van der Waals surface area contributed by atoms with Crippen molar-refractivity contribution in [2.45, 2.75) is 86.9 Å². The molecule has 0 aliphatic heterocycles. The van der Waals surface area contributed by atoms with Gasteiger partial charge in [0.1, 0.15) is 33.6 Å². The third-order valence-electron chi connectivity index (χ3n) is 7.19. The summed E-state index contributed by atoms with van der Waals surface area (Å²) in [5.74, 6) is 0.143. The molecule has 0 bridgehead atoms. The van der Waals surface area contributed by atoms with E-state index < -0.39 is 28.7 Å². The number of aromatic nitrogens is 4. The molecule has 6 aromatic rings. The molecule has 0 N–H and O–H groups in total. The van der Waals surface area contributed by atoms with Crippen LogP contribution in [0, 0.1) is 20.8 Å². The highest BCUT2D eigenvalue weighted by Gasteiger charge is 2.22. The van der Waals surface area contributed by atoms with Gasteiger partial charge >= 0.3 is 23.5 Å². The Hall–Kier alpha value is -5.56. The number of hydrogen-bond donors (Lipinski definition) is 0. The average Bonchev–Trinajstić information content (AvgIpc) is 3.67. The van der Waals surface area contributed by atoms with E-state index in [0.717, 1.165) is 38.9 Å². The Morgan fingerprint density at radius 3 is 1.52 bits per heavy atom. The highest BCUT2D eigenvalue weighted by Crippen LogP contribution is 2.28. The predicted octanol–water partition coefficient (Wildman–Crippen LogP) is 8.51. The molecule has 0 unspecified atom stereocenters. The number of carbonyl (C=O) groups excluding carboxylic acids is 2. The SMILES string of the molecule is CCc1cc(C(=O)OC(C)(C)C)cnc1-c1nc2cc(C)ccc2o1.Cc1ccc2oc(-c3ncc(C(=O)OC(C)(C)C)cc3C)nc2c1.O=S=O. The van der Waals surface area contributed by atoms with Crippen molar-refractivity contribution in [1.29, 1.82) is 0 Å². The summed E-state index contributed by atoms with van der Waals surface area (Å²) in [6.45, 7) is 18.9. The van der Waals surface area contributed by atoms with Gasteiger partial charge in [0, 0.05) is 12.4 Å². The summed E-state index contributed by atoms with van der Waals surface area (Å²) < 4.78 is 39.0. The first-order valence-electron chi connectivity index (χ1n) is 16.5. The highest BCUT2D eigenvalue weighted by molar-refractivity contribution is 7.51. The number of ether oxygens (including phenoxy) is 2. The van der Waals surface area contributed by atoms with Gasteiger partial charge in [-0.2, -0.15) is 8.42 Å². The molecule has 0 aliphatic carbocycles. The number of aryl methyl sites for hydroxylation is 4. The fourth-order valence-electron chi connectivity index (χ4n) is 4.95. The van der Waals surface area contributed by atoms with Crippen LogP contribution in [-0.2, 0) is 27.5 Å². The van der Waals surface area contributed by atoms with Crippen LogP contribution >= 0.6 is 0 Å². The number of benzene rings is 2. The number of fused-ring (bicyclic) bond motifs is 2. The van der Waals surface area contributed by atoms with E-state index in [4.69, 9.17) is 26.7 Å². The topological polar surface area (TPSA) is 165 Å². The average molecular weight is 727 g/mol. The van der Waals surface area contributed by atoms with E-state index in [2.05, 4.69) is 19.9 Å². The molecule has 272 valence electrons. The van der Waals surface area contributed by atoms with E-state index in [-0.39, 0.29) is 5.97 Å². The summed E-state index contributed by atoms with van der Waals surface area (Å²) in [5.41, 5.74) is 8.02. The van der Waals surface area contributed by atoms with Gasteiger partial charge < -0.3 is 18.3 Å². The molecule has 0 amide bonds. The fraction of sp³-hybridized carbons (Fsp3) is 0.333. The van der Waals surface area contributed by atoms with Gasteiger partial charge in [-0.15, -0.1) is 0 Å². The zero-order valence-electron chi connectivity index (χ0n) is 30.9. The van der Waals surface area contributed by atoms with Gasteiger partial charge in [-0.3, -0.25) is 0 Å². The number of rotatable bonds is 5. The van der Waals surface area contributed by atoms with Gasteiger partial charge in [-0.05, 0) is 127 Å². The Balaban J connectivity index is 0.000000217. The Morgan fingerprint density at radius 2 is 1.10 bits per heavy atom. The number of carbonyl (C=O) groups is 2. The minimum atomic E-state index is -0.750. The molecule has 0 atom stereocenters. The molecule has 13 heteroatoms. The monoisotopic (exact) mass is 726 g/mol. The molecule has 0 saturated heterocycles. The number of esters is 2. The predicted molar refractivity (Wildman–Crippen MR) is 197 cm³/mol. The van der Waals surface area contributed by atoms with Crippen molar-refractivity contribution in [2.24, 2.45) is 0 Å². The standard InChI is InChI=1S/C20H22N2O3.C19H20N2O3.O2S/c1-6-13-10-14(19(23)25-20(3,4)5)11-21-17(13)18-22-15-9-12(2)7-8-16(15)24-18;1-11-6-7-15-14(8-11)21-17(23-15)16-12(2)9-13(10-20-16)18(22)24-19(3,4)5;1-3-2/h7-11H,6H2,1-5H3;6-10H,1-5H3;. The largest absolute Gasteiger partial charge is 0.456 e. The van der Waals surface area contributed by atoms with E-state index in [1.165, 1.54) is 12.4 Å². The smallest absolute Gasteiger partial charge is 0.340 e. The second-order valence-electron chi connectivity index (χ2n) is 14.0. The summed E-state index contributed by atoms with van der Waals surface area (Å²) in [6, 6.07) is 15.2. The summed E-state index contributed by atoms with van der Waals surface area (Å²) in [4.78, 5) is 42.2. The Morgan fingerprint density at radius 1 is 0.673 bits per heavy atom. The minimum absolute atomic E-state index is 0.380. The minimum Gasteiger partial charge on any atom is -0.456 e. The number of nitrogens with zero attached hydrogens (tertiary/aromatic N) is 4. The van der Waals surface area contributed by atoms with Crippen LogP contribution in [-0.4, -0.2) is 51.5 Å². The molecule has 0 aliphatic rings. The van der Waals surface area contributed by atoms with Crippen LogP contribution in [0.5, 0.6) is 0 Å². The zero-order valence-corrected chi connectivity index (χ0v) is 31.8. The van der Waals surface area contributed by atoms with Crippen molar-refractivity contribution < 1.29 is 36.3 Å². The van der Waals surface area contributed by atoms with E-state index in [1.807, 2.05) is 106 Å². The maximum atomic E-state index is 12.3. The normalized spacial score (nSPS) is 11.3. The van der Waals surface area contributed by atoms with Gasteiger partial charge in [0.15, 0.2) is 11.2 Å². The van der Waals surface area contributed by atoms with Crippen LogP contribution in [0.25, 0.3) is 45.4 Å². The second kappa shape index (κ2) is 16.2. The molecule has 0 spiro atoms. The molecule has 0 fully saturated rings. The van der Waals surface area contributed by atoms with Crippen LogP contribution in [0.4, 0.5) is 0 Å². The number of hydrogen-bond acceptors (Lipinski definition) is 12. The fourth-order valence-corrected chi connectivity index (χ4v) is 4.95. The van der Waals surface area contributed by atoms with Gasteiger partial charge in [0.2, 0.25) is 11.8 Å². The molecule has 4 heterocycles. The third kappa shape index (κ3) is 10.3. The van der Waals surface area contributed by atoms with E-state index >= 15 is 0 Å². The molecular formula is C39H42N4O8S. The molecular weight excluding hydrogens is 685 g/mol. The van der Waals surface area contributed by atoms with Crippen molar-refractivity contribution in [3.63, 3.8) is 0 Å². The van der Waals surface area contributed by atoms with Gasteiger partial charge in [-0.1, -0.05) is 19.1 Å². The van der Waals surface area contributed by atoms with Crippen LogP contribution in [0.3, 0.4) is 0 Å². The summed E-state index contributed by atoms with van der Waals surface area (Å²) in [5, 5.41) is 0. The lowest BCUT2D eigenvalue weighted by Gasteiger charge is -2.19. The van der Waals surface area contributed by atoms with Gasteiger partial charge in [0.05, 0.1) is 11.1 Å². The van der Waals surface area contributed by atoms with Crippen molar-refractivity contribution >= 4 is 45.7 Å². The van der Waals surface area contributed by atoms with E-state index in [1.54, 1.807) is 12.1 Å². The van der Waals surface area contributed by atoms with Gasteiger partial charge in [-0.25, -0.2) is 29.5 Å². The van der Waals surface area contributed by atoms with Crippen molar-refractivity contribution in [3.05, 3.63) is 94.3 Å². The lowest BCUT2D eigenvalue weighted by molar-refractivity contribution is 0.00564. The molecule has 0 saturated carbocycles. The summed E-state index contributed by atoms with van der Waals surface area (Å²) in [6.07, 6.45) is 3.72.